The molecule has 2 saturated carbocycles. The highest BCUT2D eigenvalue weighted by Crippen LogP contribution is 2.62. The van der Waals surface area contributed by atoms with E-state index >= 15 is 0 Å². The molecule has 0 spiro atoms. The number of ether oxygens (including phenoxy) is 3. The van der Waals surface area contributed by atoms with Gasteiger partial charge in [0, 0.05) is 11.3 Å². The minimum atomic E-state index is -4.66. The summed E-state index contributed by atoms with van der Waals surface area (Å²) in [6, 6.07) is 5.37. The second-order valence-corrected chi connectivity index (χ2v) is 9.31. The van der Waals surface area contributed by atoms with Crippen LogP contribution in [0.5, 0.6) is 5.75 Å². The first kappa shape index (κ1) is 23.0. The van der Waals surface area contributed by atoms with Gasteiger partial charge in [-0.25, -0.2) is 4.39 Å². The lowest BCUT2D eigenvalue weighted by atomic mass is 9.54. The molecule has 3 atom stereocenters. The first-order chi connectivity index (χ1) is 16.1. The molecule has 5 rings (SSSR count). The summed E-state index contributed by atoms with van der Waals surface area (Å²) in [7, 11) is 0. The Morgan fingerprint density at radius 3 is 2.53 bits per heavy atom. The molecule has 0 unspecified atom stereocenters. The molecule has 1 amide bonds. The van der Waals surface area contributed by atoms with Crippen LogP contribution in [-0.2, 0) is 14.3 Å². The van der Waals surface area contributed by atoms with Crippen molar-refractivity contribution in [1.82, 2.24) is 15.5 Å². The first-order valence-electron chi connectivity index (χ1n) is 11.0. The summed E-state index contributed by atoms with van der Waals surface area (Å²) in [4.78, 5) is 12.6. The fourth-order valence-electron chi connectivity index (χ4n) is 4.99. The van der Waals surface area contributed by atoms with Gasteiger partial charge in [0.2, 0.25) is 11.8 Å². The van der Waals surface area contributed by atoms with Gasteiger partial charge in [0.1, 0.15) is 17.7 Å². The summed E-state index contributed by atoms with van der Waals surface area (Å²) < 4.78 is 71.2. The Morgan fingerprint density at radius 1 is 1.18 bits per heavy atom. The van der Waals surface area contributed by atoms with Gasteiger partial charge in [0.15, 0.2) is 6.61 Å². The summed E-state index contributed by atoms with van der Waals surface area (Å²) >= 11 is 0. The van der Waals surface area contributed by atoms with Crippen molar-refractivity contribution < 1.29 is 41.0 Å². The smallest absolute Gasteiger partial charge is 0.484 e. The van der Waals surface area contributed by atoms with E-state index in [9.17, 15) is 22.4 Å². The lowest BCUT2D eigenvalue weighted by Gasteiger charge is -2.53. The molecular formula is C22H23F4N3O5. The van der Waals surface area contributed by atoms with Gasteiger partial charge in [-0.3, -0.25) is 9.53 Å². The number of nitrogens with zero attached hydrogens (tertiary/aromatic N) is 2. The Balaban J connectivity index is 1.18. The van der Waals surface area contributed by atoms with E-state index in [1.165, 1.54) is 24.3 Å². The zero-order valence-electron chi connectivity index (χ0n) is 18.2. The first-order valence-corrected chi connectivity index (χ1v) is 11.0. The van der Waals surface area contributed by atoms with Crippen LogP contribution in [0, 0.1) is 11.2 Å². The average Bonchev–Trinajstić information content (AvgIpc) is 3.28. The second kappa shape index (κ2) is 8.19. The number of carbonyl (C=O) groups is 1. The highest BCUT2D eigenvalue weighted by atomic mass is 19.4. The molecule has 0 radical (unpaired) electrons. The van der Waals surface area contributed by atoms with Crippen LogP contribution in [0.15, 0.2) is 28.7 Å². The number of aromatic nitrogens is 2. The van der Waals surface area contributed by atoms with Crippen molar-refractivity contribution >= 4 is 5.91 Å². The maximum atomic E-state index is 13.0. The lowest BCUT2D eigenvalue weighted by molar-refractivity contribution is -0.352. The van der Waals surface area contributed by atoms with E-state index in [4.69, 9.17) is 13.9 Å². The minimum absolute atomic E-state index is 0.151. The molecule has 8 nitrogen and oxygen atoms in total. The third-order valence-corrected chi connectivity index (χ3v) is 7.23. The van der Waals surface area contributed by atoms with E-state index < -0.39 is 35.3 Å². The van der Waals surface area contributed by atoms with Crippen molar-refractivity contribution in [3.8, 4) is 5.75 Å². The van der Waals surface area contributed by atoms with Gasteiger partial charge in [0.25, 0.3) is 5.91 Å². The Kier molecular flexibility index (Phi) is 5.55. The van der Waals surface area contributed by atoms with Crippen LogP contribution in [0.4, 0.5) is 17.6 Å². The molecule has 34 heavy (non-hydrogen) atoms. The van der Waals surface area contributed by atoms with Gasteiger partial charge in [-0.05, 0) is 49.9 Å². The highest BCUT2D eigenvalue weighted by Gasteiger charge is 2.67. The number of rotatable bonds is 7. The fraction of sp³-hybridized carbons (Fsp3) is 0.591. The van der Waals surface area contributed by atoms with Gasteiger partial charge < -0.3 is 19.2 Å². The Morgan fingerprint density at radius 2 is 1.88 bits per heavy atom. The SMILES string of the molecule is C[C@@]12CC[C@@]1(NC(=O)COc1ccc(F)cc1)CO[C@H]2c1nnc(C2CC(OC(F)(F)F)C2)o1. The van der Waals surface area contributed by atoms with E-state index in [0.29, 0.717) is 12.2 Å². The predicted molar refractivity (Wildman–Crippen MR) is 106 cm³/mol. The van der Waals surface area contributed by atoms with E-state index in [-0.39, 0.29) is 49.7 Å². The number of alkyl halides is 3. The van der Waals surface area contributed by atoms with Gasteiger partial charge >= 0.3 is 6.36 Å². The monoisotopic (exact) mass is 485 g/mol. The third-order valence-electron chi connectivity index (χ3n) is 7.23. The summed E-state index contributed by atoms with van der Waals surface area (Å²) in [5.74, 6) is -0.142. The number of nitrogens with one attached hydrogen (secondary N) is 1. The normalized spacial score (nSPS) is 32.4. The number of hydrogen-bond donors (Lipinski definition) is 1. The van der Waals surface area contributed by atoms with Crippen LogP contribution in [-0.4, -0.2) is 47.3 Å². The van der Waals surface area contributed by atoms with Crippen molar-refractivity contribution in [3.05, 3.63) is 41.9 Å². The average molecular weight is 485 g/mol. The maximum absolute atomic E-state index is 13.0. The summed E-state index contributed by atoms with van der Waals surface area (Å²) in [6.45, 7) is 1.98. The Labute approximate surface area is 191 Å². The molecule has 0 bridgehead atoms. The Hall–Kier alpha value is -2.73. The molecular weight excluding hydrogens is 462 g/mol. The van der Waals surface area contributed by atoms with Crippen molar-refractivity contribution in [2.24, 2.45) is 5.41 Å². The van der Waals surface area contributed by atoms with E-state index in [1.807, 2.05) is 6.92 Å². The number of amides is 1. The van der Waals surface area contributed by atoms with Crippen molar-refractivity contribution in [3.63, 3.8) is 0 Å². The van der Waals surface area contributed by atoms with Gasteiger partial charge in [-0.1, -0.05) is 6.92 Å². The van der Waals surface area contributed by atoms with Gasteiger partial charge in [-0.2, -0.15) is 0 Å². The minimum Gasteiger partial charge on any atom is -0.484 e. The highest BCUT2D eigenvalue weighted by molar-refractivity contribution is 5.79. The zero-order chi connectivity index (χ0) is 24.1. The zero-order valence-corrected chi connectivity index (χ0v) is 18.2. The molecule has 1 N–H and O–H groups in total. The van der Waals surface area contributed by atoms with Crippen LogP contribution in [0.3, 0.4) is 0 Å². The lowest BCUT2D eigenvalue weighted by Crippen LogP contribution is -2.66. The number of benzene rings is 1. The number of hydrogen-bond acceptors (Lipinski definition) is 7. The molecule has 12 heteroatoms. The third kappa shape index (κ3) is 4.13. The topological polar surface area (TPSA) is 95.7 Å². The summed E-state index contributed by atoms with van der Waals surface area (Å²) in [5.41, 5.74) is -1.12. The molecule has 184 valence electrons. The molecule has 1 aliphatic heterocycles. The molecule has 3 fully saturated rings. The quantitative estimate of drug-likeness (QED) is 0.596. The summed E-state index contributed by atoms with van der Waals surface area (Å²) in [6.07, 6.45) is -4.38. The van der Waals surface area contributed by atoms with E-state index in [0.717, 1.165) is 6.42 Å². The molecule has 1 aromatic heterocycles. The van der Waals surface area contributed by atoms with Crippen LogP contribution in [0.2, 0.25) is 0 Å². The largest absolute Gasteiger partial charge is 0.522 e. The van der Waals surface area contributed by atoms with Crippen molar-refractivity contribution in [1.29, 1.82) is 0 Å². The molecule has 2 aliphatic carbocycles. The standard InChI is InChI=1S/C22H23F4N3O5/c1-20-6-7-21(20,27-16(30)10-31-14-4-2-13(23)3-5-14)11-32-17(20)19-29-28-18(33-19)12-8-15(9-12)34-22(24,25)26/h2-5,12,15,17H,6-11H2,1H3,(H,27,30)/t12?,15?,17-,20-,21+/m0/s1. The molecule has 2 aromatic rings. The molecule has 1 saturated heterocycles. The Bertz CT molecular complexity index is 1060. The van der Waals surface area contributed by atoms with Crippen LogP contribution in [0.1, 0.15) is 56.4 Å². The van der Waals surface area contributed by atoms with Gasteiger partial charge in [0.05, 0.1) is 18.2 Å². The fourth-order valence-corrected chi connectivity index (χ4v) is 4.99. The van der Waals surface area contributed by atoms with Crippen LogP contribution >= 0.6 is 0 Å². The maximum Gasteiger partial charge on any atom is 0.522 e. The van der Waals surface area contributed by atoms with E-state index in [2.05, 4.69) is 20.3 Å². The van der Waals surface area contributed by atoms with Crippen molar-refractivity contribution in [2.75, 3.05) is 13.2 Å². The summed E-state index contributed by atoms with van der Waals surface area (Å²) in [5, 5.41) is 11.1. The van der Waals surface area contributed by atoms with Crippen molar-refractivity contribution in [2.45, 2.75) is 62.6 Å². The number of halogens is 4. The molecule has 1 aromatic carbocycles. The van der Waals surface area contributed by atoms with Crippen LogP contribution in [0.25, 0.3) is 0 Å². The molecule has 2 heterocycles. The molecule has 3 aliphatic rings. The number of fused-ring (bicyclic) bond motifs is 1. The van der Waals surface area contributed by atoms with E-state index in [1.54, 1.807) is 0 Å². The number of carbonyl (C=O) groups excluding carboxylic acids is 1. The predicted octanol–water partition coefficient (Wildman–Crippen LogP) is 3.80. The van der Waals surface area contributed by atoms with Gasteiger partial charge in [-0.15, -0.1) is 23.4 Å². The second-order valence-electron chi connectivity index (χ2n) is 9.31. The van der Waals surface area contributed by atoms with Crippen LogP contribution < -0.4 is 10.1 Å².